The third-order valence-electron chi connectivity index (χ3n) is 3.79. The zero-order chi connectivity index (χ0) is 12.9. The molecular weight excluding hydrogens is 214 g/mol. The van der Waals surface area contributed by atoms with E-state index < -0.39 is 0 Å². The molecule has 1 rings (SSSR count). The SMILES string of the molecule is CNC1(C(=O)N(C)CCCN(C)C)CCCC1. The van der Waals surface area contributed by atoms with E-state index in [2.05, 4.69) is 24.3 Å². The summed E-state index contributed by atoms with van der Waals surface area (Å²) in [6, 6.07) is 0. The first kappa shape index (κ1) is 14.5. The Kier molecular flexibility index (Phi) is 5.40. The van der Waals surface area contributed by atoms with E-state index in [9.17, 15) is 4.79 Å². The number of hydrogen-bond donors (Lipinski definition) is 1. The lowest BCUT2D eigenvalue weighted by molar-refractivity contribution is -0.136. The van der Waals surface area contributed by atoms with Gasteiger partial charge >= 0.3 is 0 Å². The van der Waals surface area contributed by atoms with E-state index in [0.29, 0.717) is 0 Å². The van der Waals surface area contributed by atoms with Crippen molar-refractivity contribution < 1.29 is 4.79 Å². The molecule has 0 unspecified atom stereocenters. The van der Waals surface area contributed by atoms with Crippen molar-refractivity contribution >= 4 is 5.91 Å². The van der Waals surface area contributed by atoms with Gasteiger partial charge in [-0.15, -0.1) is 0 Å². The molecule has 1 aliphatic carbocycles. The molecule has 0 bridgehead atoms. The number of rotatable bonds is 6. The van der Waals surface area contributed by atoms with Gasteiger partial charge in [0.25, 0.3) is 0 Å². The lowest BCUT2D eigenvalue weighted by atomic mass is 9.96. The van der Waals surface area contributed by atoms with Crippen molar-refractivity contribution in [2.45, 2.75) is 37.6 Å². The predicted molar refractivity (Wildman–Crippen MR) is 71.1 cm³/mol. The molecule has 1 amide bonds. The van der Waals surface area contributed by atoms with Crippen molar-refractivity contribution in [2.75, 3.05) is 41.3 Å². The van der Waals surface area contributed by atoms with Gasteiger partial charge in [-0.05, 0) is 47.0 Å². The Balaban J connectivity index is 2.44. The van der Waals surface area contributed by atoms with Crippen LogP contribution in [-0.2, 0) is 4.79 Å². The molecule has 100 valence electrons. The zero-order valence-electron chi connectivity index (χ0n) is 11.8. The van der Waals surface area contributed by atoms with Crippen molar-refractivity contribution in [3.05, 3.63) is 0 Å². The highest BCUT2D eigenvalue weighted by Crippen LogP contribution is 2.30. The maximum Gasteiger partial charge on any atom is 0.242 e. The highest BCUT2D eigenvalue weighted by Gasteiger charge is 2.40. The molecule has 0 aromatic carbocycles. The summed E-state index contributed by atoms with van der Waals surface area (Å²) in [7, 11) is 7.97. The molecule has 0 aromatic rings. The van der Waals surface area contributed by atoms with Gasteiger partial charge in [0.05, 0.1) is 5.54 Å². The summed E-state index contributed by atoms with van der Waals surface area (Å²) < 4.78 is 0. The number of carbonyl (C=O) groups is 1. The van der Waals surface area contributed by atoms with Crippen molar-refractivity contribution in [1.29, 1.82) is 0 Å². The van der Waals surface area contributed by atoms with Crippen molar-refractivity contribution in [3.63, 3.8) is 0 Å². The van der Waals surface area contributed by atoms with Crippen LogP contribution >= 0.6 is 0 Å². The monoisotopic (exact) mass is 241 g/mol. The molecule has 1 aliphatic rings. The van der Waals surface area contributed by atoms with Crippen LogP contribution in [0.4, 0.5) is 0 Å². The van der Waals surface area contributed by atoms with E-state index in [0.717, 1.165) is 45.2 Å². The van der Waals surface area contributed by atoms with E-state index in [1.165, 1.54) is 0 Å². The second-order valence-electron chi connectivity index (χ2n) is 5.42. The minimum atomic E-state index is -0.271. The molecule has 4 nitrogen and oxygen atoms in total. The number of hydrogen-bond acceptors (Lipinski definition) is 3. The molecule has 0 heterocycles. The van der Waals surface area contributed by atoms with Crippen LogP contribution in [0.2, 0.25) is 0 Å². The zero-order valence-corrected chi connectivity index (χ0v) is 11.8. The van der Waals surface area contributed by atoms with Gasteiger partial charge in [0, 0.05) is 13.6 Å². The number of likely N-dealkylation sites (N-methyl/N-ethyl adjacent to an activating group) is 2. The second kappa shape index (κ2) is 6.36. The normalized spacial score (nSPS) is 18.6. The average molecular weight is 241 g/mol. The van der Waals surface area contributed by atoms with Crippen LogP contribution in [0.15, 0.2) is 0 Å². The molecular formula is C13H27N3O. The Morgan fingerprint density at radius 3 is 2.24 bits per heavy atom. The smallest absolute Gasteiger partial charge is 0.242 e. The average Bonchev–Trinajstić information content (AvgIpc) is 2.77. The van der Waals surface area contributed by atoms with E-state index in [4.69, 9.17) is 0 Å². The fraction of sp³-hybridized carbons (Fsp3) is 0.923. The highest BCUT2D eigenvalue weighted by molar-refractivity contribution is 5.86. The van der Waals surface area contributed by atoms with Crippen LogP contribution in [0.5, 0.6) is 0 Å². The quantitative estimate of drug-likeness (QED) is 0.751. The lowest BCUT2D eigenvalue weighted by Crippen LogP contribution is -2.54. The summed E-state index contributed by atoms with van der Waals surface area (Å²) in [5.41, 5.74) is -0.271. The lowest BCUT2D eigenvalue weighted by Gasteiger charge is -2.32. The second-order valence-corrected chi connectivity index (χ2v) is 5.42. The van der Waals surface area contributed by atoms with Crippen LogP contribution in [0, 0.1) is 0 Å². The Morgan fingerprint density at radius 2 is 1.76 bits per heavy atom. The molecule has 1 N–H and O–H groups in total. The summed E-state index contributed by atoms with van der Waals surface area (Å²) in [4.78, 5) is 16.5. The summed E-state index contributed by atoms with van der Waals surface area (Å²) in [5.74, 6) is 0.274. The van der Waals surface area contributed by atoms with Crippen LogP contribution in [0.1, 0.15) is 32.1 Å². The number of amides is 1. The van der Waals surface area contributed by atoms with E-state index >= 15 is 0 Å². The van der Waals surface area contributed by atoms with Gasteiger partial charge in [-0.1, -0.05) is 12.8 Å². The third kappa shape index (κ3) is 3.68. The Bertz CT molecular complexity index is 247. The molecule has 0 saturated heterocycles. The van der Waals surface area contributed by atoms with Gasteiger partial charge in [0.1, 0.15) is 0 Å². The highest BCUT2D eigenvalue weighted by atomic mass is 16.2. The van der Waals surface area contributed by atoms with E-state index in [1.54, 1.807) is 0 Å². The van der Waals surface area contributed by atoms with Gasteiger partial charge in [-0.25, -0.2) is 0 Å². The Hall–Kier alpha value is -0.610. The van der Waals surface area contributed by atoms with Crippen molar-refractivity contribution in [3.8, 4) is 0 Å². The molecule has 0 atom stereocenters. The topological polar surface area (TPSA) is 35.6 Å². The molecule has 0 aromatic heterocycles. The largest absolute Gasteiger partial charge is 0.344 e. The number of carbonyl (C=O) groups excluding carboxylic acids is 1. The molecule has 0 aliphatic heterocycles. The predicted octanol–water partition coefficient (Wildman–Crippen LogP) is 0.929. The first-order chi connectivity index (χ1) is 8.02. The van der Waals surface area contributed by atoms with E-state index in [1.807, 2.05) is 19.0 Å². The Labute approximate surface area is 105 Å². The Morgan fingerprint density at radius 1 is 1.18 bits per heavy atom. The summed E-state index contributed by atoms with van der Waals surface area (Å²) >= 11 is 0. The summed E-state index contributed by atoms with van der Waals surface area (Å²) in [5, 5.41) is 3.26. The maximum atomic E-state index is 12.4. The maximum absolute atomic E-state index is 12.4. The summed E-state index contributed by atoms with van der Waals surface area (Å²) in [6.45, 7) is 1.88. The van der Waals surface area contributed by atoms with Crippen molar-refractivity contribution in [2.24, 2.45) is 0 Å². The van der Waals surface area contributed by atoms with Crippen LogP contribution in [-0.4, -0.2) is 62.5 Å². The summed E-state index contributed by atoms with van der Waals surface area (Å²) in [6.07, 6.45) is 5.34. The van der Waals surface area contributed by atoms with Gasteiger partial charge < -0.3 is 15.1 Å². The number of nitrogens with one attached hydrogen (secondary N) is 1. The molecule has 1 saturated carbocycles. The van der Waals surface area contributed by atoms with E-state index in [-0.39, 0.29) is 11.4 Å². The molecule has 0 radical (unpaired) electrons. The third-order valence-corrected chi connectivity index (χ3v) is 3.79. The minimum Gasteiger partial charge on any atom is -0.344 e. The van der Waals surface area contributed by atoms with Gasteiger partial charge in [0.15, 0.2) is 0 Å². The standard InChI is InChI=1S/C13H27N3O/c1-14-13(8-5-6-9-13)12(17)16(4)11-7-10-15(2)3/h14H,5-11H2,1-4H3. The molecule has 4 heteroatoms. The molecule has 1 fully saturated rings. The first-order valence-electron chi connectivity index (χ1n) is 6.61. The van der Waals surface area contributed by atoms with Crippen molar-refractivity contribution in [1.82, 2.24) is 15.1 Å². The fourth-order valence-corrected chi connectivity index (χ4v) is 2.64. The minimum absolute atomic E-state index is 0.271. The molecule has 17 heavy (non-hydrogen) atoms. The fourth-order valence-electron chi connectivity index (χ4n) is 2.64. The van der Waals surface area contributed by atoms with Crippen LogP contribution in [0.25, 0.3) is 0 Å². The van der Waals surface area contributed by atoms with Gasteiger partial charge in [-0.2, -0.15) is 0 Å². The van der Waals surface area contributed by atoms with Gasteiger partial charge in [-0.3, -0.25) is 4.79 Å². The molecule has 0 spiro atoms. The first-order valence-corrected chi connectivity index (χ1v) is 6.61. The van der Waals surface area contributed by atoms with Gasteiger partial charge in [0.2, 0.25) is 5.91 Å². The number of nitrogens with zero attached hydrogens (tertiary/aromatic N) is 2. The van der Waals surface area contributed by atoms with Crippen LogP contribution in [0.3, 0.4) is 0 Å². The van der Waals surface area contributed by atoms with Crippen LogP contribution < -0.4 is 5.32 Å².